The number of fused-ring (bicyclic) bond motifs is 2. The highest BCUT2D eigenvalue weighted by Crippen LogP contribution is 2.30. The number of aryl methyl sites for hydroxylation is 2. The molecule has 0 aliphatic carbocycles. The van der Waals surface area contributed by atoms with E-state index in [9.17, 15) is 9.59 Å². The molecule has 4 aromatic rings. The van der Waals surface area contributed by atoms with Gasteiger partial charge in [-0.1, -0.05) is 72.3 Å². The molecule has 0 radical (unpaired) electrons. The quantitative estimate of drug-likeness (QED) is 0.364. The minimum Gasteiger partial charge on any atom is -0.326 e. The molecule has 0 spiro atoms. The van der Waals surface area contributed by atoms with Gasteiger partial charge in [-0.05, 0) is 71.5 Å². The van der Waals surface area contributed by atoms with Crippen LogP contribution in [-0.2, 0) is 30.6 Å². The monoisotopic (exact) mass is 480 g/mol. The van der Waals surface area contributed by atoms with Gasteiger partial charge in [-0.2, -0.15) is 0 Å². The molecule has 0 saturated heterocycles. The summed E-state index contributed by atoms with van der Waals surface area (Å²) in [6.45, 7) is 0.516. The average Bonchev–Trinajstić information content (AvgIpc) is 2.87. The minimum absolute atomic E-state index is 0.0666. The van der Waals surface area contributed by atoms with Gasteiger partial charge in [0.2, 0.25) is 5.91 Å². The summed E-state index contributed by atoms with van der Waals surface area (Å²) in [7, 11) is 0. The Morgan fingerprint density at radius 3 is 2.14 bits per heavy atom. The molecule has 35 heavy (non-hydrogen) atoms. The van der Waals surface area contributed by atoms with E-state index in [0.29, 0.717) is 22.8 Å². The van der Waals surface area contributed by atoms with Gasteiger partial charge in [0.05, 0.1) is 13.0 Å². The van der Waals surface area contributed by atoms with Gasteiger partial charge in [0.25, 0.3) is 5.91 Å². The van der Waals surface area contributed by atoms with Crippen LogP contribution in [0, 0.1) is 0 Å². The molecule has 2 amide bonds. The van der Waals surface area contributed by atoms with Crippen molar-refractivity contribution in [1.29, 1.82) is 0 Å². The highest BCUT2D eigenvalue weighted by Gasteiger charge is 2.23. The van der Waals surface area contributed by atoms with Crippen LogP contribution in [-0.4, -0.2) is 11.8 Å². The first-order valence-electron chi connectivity index (χ1n) is 11.7. The Morgan fingerprint density at radius 1 is 0.743 bits per heavy atom. The van der Waals surface area contributed by atoms with E-state index in [4.69, 9.17) is 11.6 Å². The zero-order valence-corrected chi connectivity index (χ0v) is 20.0. The fourth-order valence-corrected chi connectivity index (χ4v) is 4.72. The van der Waals surface area contributed by atoms with Crippen LogP contribution in [0.25, 0.3) is 0 Å². The SMILES string of the molecule is O=C(Cc1ccccc1Cl)Nc1ccc(C(=O)N2Cc3ccccc3CCc3ccccc32)cc1. The molecule has 0 bridgehead atoms. The smallest absolute Gasteiger partial charge is 0.258 e. The fraction of sp³-hybridized carbons (Fsp3) is 0.133. The number of hydrogen-bond donors (Lipinski definition) is 1. The average molecular weight is 481 g/mol. The zero-order valence-electron chi connectivity index (χ0n) is 19.2. The van der Waals surface area contributed by atoms with Crippen LogP contribution in [0.1, 0.15) is 32.6 Å². The molecule has 0 aromatic heterocycles. The standard InChI is InChI=1S/C30H25ClN2O2/c31-27-11-5-3-9-24(27)19-29(34)32-26-17-15-23(16-18-26)30(35)33-20-25-10-2-1-7-21(25)13-14-22-8-4-6-12-28(22)33/h1-12,15-18H,13-14,19-20H2,(H,32,34). The third kappa shape index (κ3) is 5.13. The van der Waals surface area contributed by atoms with E-state index in [1.807, 2.05) is 47.4 Å². The lowest BCUT2D eigenvalue weighted by atomic mass is 9.95. The molecule has 0 atom stereocenters. The molecule has 1 heterocycles. The molecule has 174 valence electrons. The lowest BCUT2D eigenvalue weighted by Gasteiger charge is -2.29. The van der Waals surface area contributed by atoms with Crippen LogP contribution in [0.3, 0.4) is 0 Å². The third-order valence-electron chi connectivity index (χ3n) is 6.36. The van der Waals surface area contributed by atoms with Gasteiger partial charge in [-0.15, -0.1) is 0 Å². The van der Waals surface area contributed by atoms with Crippen molar-refractivity contribution in [2.45, 2.75) is 25.8 Å². The first-order chi connectivity index (χ1) is 17.1. The van der Waals surface area contributed by atoms with Crippen LogP contribution in [0.2, 0.25) is 5.02 Å². The van der Waals surface area contributed by atoms with Gasteiger partial charge in [0.15, 0.2) is 0 Å². The molecule has 0 saturated carbocycles. The van der Waals surface area contributed by atoms with Gasteiger partial charge in [0.1, 0.15) is 0 Å². The van der Waals surface area contributed by atoms with Crippen molar-refractivity contribution in [3.8, 4) is 0 Å². The third-order valence-corrected chi connectivity index (χ3v) is 6.73. The van der Waals surface area contributed by atoms with Crippen LogP contribution in [0.5, 0.6) is 0 Å². The van der Waals surface area contributed by atoms with E-state index < -0.39 is 0 Å². The summed E-state index contributed by atoms with van der Waals surface area (Å²) in [6, 6.07) is 30.8. The molecule has 4 nitrogen and oxygen atoms in total. The molecule has 0 unspecified atom stereocenters. The Morgan fingerprint density at radius 2 is 1.37 bits per heavy atom. The summed E-state index contributed by atoms with van der Waals surface area (Å²) in [5, 5.41) is 3.46. The molecule has 0 fully saturated rings. The van der Waals surface area contributed by atoms with Crippen molar-refractivity contribution >= 4 is 34.8 Å². The molecule has 5 rings (SSSR count). The largest absolute Gasteiger partial charge is 0.326 e. The number of para-hydroxylation sites is 1. The first kappa shape index (κ1) is 22.9. The molecular weight excluding hydrogens is 456 g/mol. The molecule has 4 aromatic carbocycles. The Kier molecular flexibility index (Phi) is 6.64. The van der Waals surface area contributed by atoms with Crippen molar-refractivity contribution in [3.05, 3.63) is 130 Å². The van der Waals surface area contributed by atoms with Gasteiger partial charge in [-0.3, -0.25) is 9.59 Å². The number of nitrogens with one attached hydrogen (secondary N) is 1. The van der Waals surface area contributed by atoms with E-state index in [2.05, 4.69) is 29.6 Å². The second-order valence-electron chi connectivity index (χ2n) is 8.68. The second kappa shape index (κ2) is 10.2. The first-order valence-corrected chi connectivity index (χ1v) is 12.1. The summed E-state index contributed by atoms with van der Waals surface area (Å²) in [5.74, 6) is -0.227. The molecular formula is C30H25ClN2O2. The summed E-state index contributed by atoms with van der Waals surface area (Å²) in [6.07, 6.45) is 2.02. The summed E-state index contributed by atoms with van der Waals surface area (Å²) in [4.78, 5) is 28.0. The van der Waals surface area contributed by atoms with E-state index in [-0.39, 0.29) is 18.2 Å². The molecule has 1 aliphatic rings. The molecule has 5 heteroatoms. The lowest BCUT2D eigenvalue weighted by Crippen LogP contribution is -2.32. The number of nitrogens with zero attached hydrogens (tertiary/aromatic N) is 1. The number of carbonyl (C=O) groups excluding carboxylic acids is 2. The van der Waals surface area contributed by atoms with E-state index in [1.54, 1.807) is 30.3 Å². The second-order valence-corrected chi connectivity index (χ2v) is 9.09. The van der Waals surface area contributed by atoms with Crippen molar-refractivity contribution in [2.24, 2.45) is 0 Å². The van der Waals surface area contributed by atoms with Crippen LogP contribution in [0.4, 0.5) is 11.4 Å². The number of rotatable bonds is 4. The van der Waals surface area contributed by atoms with E-state index in [0.717, 1.165) is 24.1 Å². The number of amides is 2. The maximum absolute atomic E-state index is 13.7. The number of hydrogen-bond acceptors (Lipinski definition) is 2. The minimum atomic E-state index is -0.161. The van der Waals surface area contributed by atoms with Crippen molar-refractivity contribution in [2.75, 3.05) is 10.2 Å². The molecule has 1 aliphatic heterocycles. The lowest BCUT2D eigenvalue weighted by molar-refractivity contribution is -0.115. The number of carbonyl (C=O) groups is 2. The summed E-state index contributed by atoms with van der Waals surface area (Å²) in [5.41, 5.74) is 6.53. The normalized spacial score (nSPS) is 12.7. The number of anilines is 2. The summed E-state index contributed by atoms with van der Waals surface area (Å²) < 4.78 is 0. The number of benzene rings is 4. The topological polar surface area (TPSA) is 49.4 Å². The van der Waals surface area contributed by atoms with Crippen LogP contribution >= 0.6 is 11.6 Å². The fourth-order valence-electron chi connectivity index (χ4n) is 4.52. The van der Waals surface area contributed by atoms with Crippen molar-refractivity contribution in [1.82, 2.24) is 0 Å². The Balaban J connectivity index is 1.36. The predicted molar refractivity (Wildman–Crippen MR) is 141 cm³/mol. The van der Waals surface area contributed by atoms with Gasteiger partial charge >= 0.3 is 0 Å². The molecule has 1 N–H and O–H groups in total. The van der Waals surface area contributed by atoms with Crippen LogP contribution < -0.4 is 10.2 Å². The van der Waals surface area contributed by atoms with E-state index >= 15 is 0 Å². The predicted octanol–water partition coefficient (Wildman–Crippen LogP) is 6.47. The van der Waals surface area contributed by atoms with Crippen molar-refractivity contribution < 1.29 is 9.59 Å². The Hall–Kier alpha value is -3.89. The Bertz CT molecular complexity index is 1380. The summed E-state index contributed by atoms with van der Waals surface area (Å²) >= 11 is 6.17. The maximum atomic E-state index is 13.7. The van der Waals surface area contributed by atoms with Gasteiger partial charge in [-0.25, -0.2) is 0 Å². The zero-order chi connectivity index (χ0) is 24.2. The Labute approximate surface area is 210 Å². The highest BCUT2D eigenvalue weighted by atomic mass is 35.5. The highest BCUT2D eigenvalue weighted by molar-refractivity contribution is 6.31. The van der Waals surface area contributed by atoms with Crippen molar-refractivity contribution in [3.63, 3.8) is 0 Å². The van der Waals surface area contributed by atoms with E-state index in [1.165, 1.54) is 16.7 Å². The van der Waals surface area contributed by atoms with Crippen LogP contribution in [0.15, 0.2) is 97.1 Å². The maximum Gasteiger partial charge on any atom is 0.258 e. The van der Waals surface area contributed by atoms with Gasteiger partial charge < -0.3 is 10.2 Å². The number of halogens is 1. The van der Waals surface area contributed by atoms with Gasteiger partial charge in [0, 0.05) is 22.0 Å².